The Morgan fingerprint density at radius 1 is 1.40 bits per heavy atom. The molecule has 0 amide bonds. The molecule has 0 saturated heterocycles. The highest BCUT2D eigenvalue weighted by atomic mass is 16.5. The standard InChI is InChI=1S/C8H16O2/c1-7(9-4)6-8(2,3)10-5/h1,6H2,2-5H3. The number of hydrogen-bond donors (Lipinski definition) is 0. The largest absolute Gasteiger partial charge is 0.502 e. The van der Waals surface area contributed by atoms with Gasteiger partial charge < -0.3 is 9.47 Å². The maximum atomic E-state index is 5.17. The number of rotatable bonds is 4. The van der Waals surface area contributed by atoms with Crippen LogP contribution in [0.3, 0.4) is 0 Å². The molecule has 0 aliphatic rings. The van der Waals surface area contributed by atoms with E-state index in [1.54, 1.807) is 14.2 Å². The molecule has 0 unspecified atom stereocenters. The molecule has 0 spiro atoms. The van der Waals surface area contributed by atoms with Crippen molar-refractivity contribution in [1.29, 1.82) is 0 Å². The lowest BCUT2D eigenvalue weighted by Crippen LogP contribution is -2.23. The molecule has 0 heterocycles. The van der Waals surface area contributed by atoms with Gasteiger partial charge in [0.1, 0.15) is 0 Å². The van der Waals surface area contributed by atoms with E-state index >= 15 is 0 Å². The molecule has 0 atom stereocenters. The molecule has 10 heavy (non-hydrogen) atoms. The third-order valence-electron chi connectivity index (χ3n) is 1.46. The van der Waals surface area contributed by atoms with Crippen molar-refractivity contribution in [2.45, 2.75) is 25.9 Å². The van der Waals surface area contributed by atoms with Gasteiger partial charge in [-0.2, -0.15) is 0 Å². The average Bonchev–Trinajstić information content (AvgIpc) is 1.87. The van der Waals surface area contributed by atoms with Crippen LogP contribution in [0.15, 0.2) is 12.3 Å². The summed E-state index contributed by atoms with van der Waals surface area (Å²) in [5.74, 6) is 0.756. The highest BCUT2D eigenvalue weighted by Crippen LogP contribution is 2.17. The van der Waals surface area contributed by atoms with Crippen LogP contribution in [0.1, 0.15) is 20.3 Å². The molecular formula is C8H16O2. The minimum absolute atomic E-state index is 0.160. The second-order valence-corrected chi connectivity index (χ2v) is 2.88. The molecule has 0 aliphatic heterocycles. The van der Waals surface area contributed by atoms with E-state index in [-0.39, 0.29) is 5.60 Å². The second kappa shape index (κ2) is 3.62. The van der Waals surface area contributed by atoms with Crippen LogP contribution >= 0.6 is 0 Å². The summed E-state index contributed by atoms with van der Waals surface area (Å²) >= 11 is 0. The fourth-order valence-corrected chi connectivity index (χ4v) is 0.619. The molecule has 0 aromatic heterocycles. The minimum Gasteiger partial charge on any atom is -0.502 e. The monoisotopic (exact) mass is 144 g/mol. The highest BCUT2D eigenvalue weighted by Gasteiger charge is 2.17. The molecule has 0 rings (SSSR count). The summed E-state index contributed by atoms with van der Waals surface area (Å²) in [6.07, 6.45) is 0.736. The van der Waals surface area contributed by atoms with Crippen molar-refractivity contribution in [3.05, 3.63) is 12.3 Å². The highest BCUT2D eigenvalue weighted by molar-refractivity contribution is 4.89. The van der Waals surface area contributed by atoms with E-state index < -0.39 is 0 Å². The Kier molecular flexibility index (Phi) is 3.43. The quantitative estimate of drug-likeness (QED) is 0.561. The zero-order chi connectivity index (χ0) is 8.20. The van der Waals surface area contributed by atoms with Crippen LogP contribution in [0.2, 0.25) is 0 Å². The fourth-order valence-electron chi connectivity index (χ4n) is 0.619. The lowest BCUT2D eigenvalue weighted by atomic mass is 10.0. The van der Waals surface area contributed by atoms with Crippen molar-refractivity contribution in [2.24, 2.45) is 0 Å². The molecule has 0 aromatic carbocycles. The van der Waals surface area contributed by atoms with Crippen LogP contribution in [0.4, 0.5) is 0 Å². The first-order valence-electron chi connectivity index (χ1n) is 3.29. The molecule has 0 bridgehead atoms. The first-order valence-corrected chi connectivity index (χ1v) is 3.29. The summed E-state index contributed by atoms with van der Waals surface area (Å²) in [6, 6.07) is 0. The number of ether oxygens (including phenoxy) is 2. The molecule has 60 valence electrons. The second-order valence-electron chi connectivity index (χ2n) is 2.88. The summed E-state index contributed by atoms with van der Waals surface area (Å²) in [7, 11) is 3.30. The van der Waals surface area contributed by atoms with Gasteiger partial charge in [0.25, 0.3) is 0 Å². The van der Waals surface area contributed by atoms with Crippen LogP contribution in [-0.4, -0.2) is 19.8 Å². The van der Waals surface area contributed by atoms with Crippen LogP contribution < -0.4 is 0 Å². The Balaban J connectivity index is 3.76. The lowest BCUT2D eigenvalue weighted by Gasteiger charge is -2.22. The Bertz CT molecular complexity index is 116. The molecule has 0 saturated carbocycles. The molecule has 0 fully saturated rings. The molecule has 0 aliphatic carbocycles. The van der Waals surface area contributed by atoms with E-state index in [1.165, 1.54) is 0 Å². The summed E-state index contributed by atoms with van der Waals surface area (Å²) in [6.45, 7) is 7.70. The predicted molar refractivity (Wildman–Crippen MR) is 41.9 cm³/mol. The minimum atomic E-state index is -0.160. The smallest absolute Gasteiger partial charge is 0.0912 e. The van der Waals surface area contributed by atoms with Crippen molar-refractivity contribution in [1.82, 2.24) is 0 Å². The zero-order valence-corrected chi connectivity index (χ0v) is 7.23. The maximum absolute atomic E-state index is 5.17. The van der Waals surface area contributed by atoms with E-state index in [4.69, 9.17) is 9.47 Å². The average molecular weight is 144 g/mol. The van der Waals surface area contributed by atoms with E-state index in [1.807, 2.05) is 13.8 Å². The molecular weight excluding hydrogens is 128 g/mol. The van der Waals surface area contributed by atoms with Crippen LogP contribution in [0, 0.1) is 0 Å². The molecule has 0 radical (unpaired) electrons. The van der Waals surface area contributed by atoms with Crippen molar-refractivity contribution in [3.8, 4) is 0 Å². The molecule has 2 nitrogen and oxygen atoms in total. The van der Waals surface area contributed by atoms with Crippen LogP contribution in [0.25, 0.3) is 0 Å². The van der Waals surface area contributed by atoms with Crippen molar-refractivity contribution >= 4 is 0 Å². The third kappa shape index (κ3) is 3.51. The SMILES string of the molecule is C=C(CC(C)(C)OC)OC. The molecule has 0 N–H and O–H groups in total. The van der Waals surface area contributed by atoms with Crippen molar-refractivity contribution in [3.63, 3.8) is 0 Å². The summed E-state index contributed by atoms with van der Waals surface area (Å²) < 4.78 is 10.1. The van der Waals surface area contributed by atoms with Crippen LogP contribution in [0.5, 0.6) is 0 Å². The number of hydrogen-bond acceptors (Lipinski definition) is 2. The lowest BCUT2D eigenvalue weighted by molar-refractivity contribution is 0.0128. The number of methoxy groups -OCH3 is 2. The van der Waals surface area contributed by atoms with Gasteiger partial charge in [-0.3, -0.25) is 0 Å². The molecule has 0 aromatic rings. The van der Waals surface area contributed by atoms with E-state index in [9.17, 15) is 0 Å². The van der Waals surface area contributed by atoms with E-state index in [0.717, 1.165) is 12.2 Å². The first-order chi connectivity index (χ1) is 4.52. The topological polar surface area (TPSA) is 18.5 Å². The Morgan fingerprint density at radius 2 is 1.90 bits per heavy atom. The van der Waals surface area contributed by atoms with E-state index in [2.05, 4.69) is 6.58 Å². The fraction of sp³-hybridized carbons (Fsp3) is 0.750. The predicted octanol–water partition coefficient (Wildman–Crippen LogP) is 1.96. The van der Waals surface area contributed by atoms with Crippen molar-refractivity contribution in [2.75, 3.05) is 14.2 Å². The van der Waals surface area contributed by atoms with Crippen molar-refractivity contribution < 1.29 is 9.47 Å². The Labute approximate surface area is 62.8 Å². The zero-order valence-electron chi connectivity index (χ0n) is 7.23. The molecule has 2 heteroatoms. The Morgan fingerprint density at radius 3 is 2.20 bits per heavy atom. The maximum Gasteiger partial charge on any atom is 0.0912 e. The third-order valence-corrected chi connectivity index (χ3v) is 1.46. The van der Waals surface area contributed by atoms with Gasteiger partial charge >= 0.3 is 0 Å². The normalized spacial score (nSPS) is 11.2. The summed E-state index contributed by atoms with van der Waals surface area (Å²) in [4.78, 5) is 0. The van der Waals surface area contributed by atoms with Crippen LogP contribution in [-0.2, 0) is 9.47 Å². The summed E-state index contributed by atoms with van der Waals surface area (Å²) in [5, 5.41) is 0. The Hall–Kier alpha value is -0.500. The van der Waals surface area contributed by atoms with Gasteiger partial charge in [-0.1, -0.05) is 6.58 Å². The van der Waals surface area contributed by atoms with Gasteiger partial charge in [0.15, 0.2) is 0 Å². The van der Waals surface area contributed by atoms with E-state index in [0.29, 0.717) is 0 Å². The van der Waals surface area contributed by atoms with Gasteiger partial charge in [-0.15, -0.1) is 0 Å². The van der Waals surface area contributed by atoms with Gasteiger partial charge in [0.2, 0.25) is 0 Å². The summed E-state index contributed by atoms with van der Waals surface area (Å²) in [5.41, 5.74) is -0.160. The van der Waals surface area contributed by atoms with Gasteiger partial charge in [-0.25, -0.2) is 0 Å². The van der Waals surface area contributed by atoms with Gasteiger partial charge in [-0.05, 0) is 13.8 Å². The first kappa shape index (κ1) is 9.50. The van der Waals surface area contributed by atoms with Gasteiger partial charge in [0.05, 0.1) is 18.5 Å². The van der Waals surface area contributed by atoms with Gasteiger partial charge in [0, 0.05) is 13.5 Å².